The molecule has 4 rings (SSSR count). The Bertz CT molecular complexity index is 758. The van der Waals surface area contributed by atoms with Crippen molar-refractivity contribution < 1.29 is 24.2 Å². The molecule has 3 unspecified atom stereocenters. The lowest BCUT2D eigenvalue weighted by molar-refractivity contribution is -0.127. The van der Waals surface area contributed by atoms with E-state index in [1.54, 1.807) is 39.2 Å². The highest BCUT2D eigenvalue weighted by atomic mass is 16.6. The Balaban J connectivity index is 1.98. The number of ether oxygens (including phenoxy) is 2. The molecule has 2 aliphatic carbocycles. The van der Waals surface area contributed by atoms with Crippen LogP contribution >= 0.6 is 0 Å². The number of carbonyl (C=O) groups is 2. The van der Waals surface area contributed by atoms with Crippen molar-refractivity contribution in [3.63, 3.8) is 0 Å². The Hall–Kier alpha value is -2.14. The zero-order valence-corrected chi connectivity index (χ0v) is 12.5. The molecule has 1 aromatic carbocycles. The summed E-state index contributed by atoms with van der Waals surface area (Å²) < 4.78 is 10.8. The summed E-state index contributed by atoms with van der Waals surface area (Å²) in [5, 5.41) is 10.4. The highest BCUT2D eigenvalue weighted by Crippen LogP contribution is 2.57. The van der Waals surface area contributed by atoms with Gasteiger partial charge in [0.2, 0.25) is 5.78 Å². The Morgan fingerprint density at radius 2 is 2.00 bits per heavy atom. The maximum absolute atomic E-state index is 12.5. The topological polar surface area (TPSA) is 76.1 Å². The van der Waals surface area contributed by atoms with Crippen molar-refractivity contribution in [2.24, 2.45) is 5.41 Å². The monoisotopic (exact) mass is 300 g/mol. The third-order valence-electron chi connectivity index (χ3n) is 5.02. The van der Waals surface area contributed by atoms with Gasteiger partial charge in [0.05, 0.1) is 12.5 Å². The molecule has 1 saturated carbocycles. The van der Waals surface area contributed by atoms with Gasteiger partial charge in [0, 0.05) is 11.5 Å². The first-order chi connectivity index (χ1) is 10.4. The number of fused-ring (bicyclic) bond motifs is 5. The Morgan fingerprint density at radius 3 is 2.68 bits per heavy atom. The van der Waals surface area contributed by atoms with Crippen molar-refractivity contribution in [2.45, 2.75) is 32.0 Å². The molecule has 0 bridgehead atoms. The minimum absolute atomic E-state index is 0.0746. The van der Waals surface area contributed by atoms with Gasteiger partial charge in [0.1, 0.15) is 18.0 Å². The molecule has 2 fully saturated rings. The Kier molecular flexibility index (Phi) is 2.45. The molecule has 5 nitrogen and oxygen atoms in total. The van der Waals surface area contributed by atoms with E-state index < -0.39 is 17.3 Å². The Labute approximate surface area is 127 Å². The predicted octanol–water partition coefficient (Wildman–Crippen LogP) is 2.16. The smallest absolute Gasteiger partial charge is 0.227 e. The lowest BCUT2D eigenvalue weighted by Gasteiger charge is -2.38. The van der Waals surface area contributed by atoms with E-state index in [-0.39, 0.29) is 23.6 Å². The number of aliphatic hydroxyl groups excluding tert-OH is 1. The molecule has 1 aliphatic heterocycles. The van der Waals surface area contributed by atoms with Gasteiger partial charge < -0.3 is 14.6 Å². The van der Waals surface area contributed by atoms with Gasteiger partial charge in [-0.3, -0.25) is 9.59 Å². The fraction of sp³-hybridized carbons (Fsp3) is 0.412. The minimum atomic E-state index is -0.914. The molecule has 0 spiro atoms. The average molecular weight is 300 g/mol. The van der Waals surface area contributed by atoms with E-state index in [1.165, 1.54) is 0 Å². The largest absolute Gasteiger partial charge is 0.504 e. The molecular formula is C17H16O5. The van der Waals surface area contributed by atoms with E-state index in [0.29, 0.717) is 16.9 Å². The molecule has 3 atom stereocenters. The molecule has 114 valence electrons. The fourth-order valence-corrected chi connectivity index (χ4v) is 3.79. The number of Topliss-reactive ketones (excluding diaryl/α,β-unsaturated/α-hetero) is 2. The van der Waals surface area contributed by atoms with Crippen molar-refractivity contribution in [3.05, 3.63) is 40.7 Å². The van der Waals surface area contributed by atoms with Crippen molar-refractivity contribution in [1.82, 2.24) is 0 Å². The zero-order valence-electron chi connectivity index (χ0n) is 12.5. The van der Waals surface area contributed by atoms with Crippen LogP contribution in [0.25, 0.3) is 0 Å². The second-order valence-corrected chi connectivity index (χ2v) is 6.53. The fourth-order valence-electron chi connectivity index (χ4n) is 3.79. The molecular weight excluding hydrogens is 284 g/mol. The quantitative estimate of drug-likeness (QED) is 0.804. The highest BCUT2D eigenvalue weighted by molar-refractivity contribution is 6.12. The summed E-state index contributed by atoms with van der Waals surface area (Å²) >= 11 is 0. The number of carbonyl (C=O) groups excluding carboxylic acids is 2. The van der Waals surface area contributed by atoms with Gasteiger partial charge >= 0.3 is 0 Å². The number of hydrogen-bond donors (Lipinski definition) is 1. The average Bonchev–Trinajstić information content (AvgIpc) is 3.28. The number of aliphatic hydroxyl groups is 1. The van der Waals surface area contributed by atoms with E-state index in [4.69, 9.17) is 9.47 Å². The van der Waals surface area contributed by atoms with Gasteiger partial charge in [0.25, 0.3) is 0 Å². The van der Waals surface area contributed by atoms with E-state index in [2.05, 4.69) is 0 Å². The molecule has 3 aliphatic rings. The summed E-state index contributed by atoms with van der Waals surface area (Å²) in [6, 6.07) is 5.15. The third kappa shape index (κ3) is 1.47. The molecule has 1 heterocycles. The number of ketones is 2. The summed E-state index contributed by atoms with van der Waals surface area (Å²) in [7, 11) is 1.56. The van der Waals surface area contributed by atoms with Crippen LogP contribution in [0.3, 0.4) is 0 Å². The Morgan fingerprint density at radius 1 is 1.27 bits per heavy atom. The van der Waals surface area contributed by atoms with Crippen LogP contribution in [0.5, 0.6) is 5.75 Å². The number of hydrogen-bond acceptors (Lipinski definition) is 5. The van der Waals surface area contributed by atoms with E-state index in [1.807, 2.05) is 0 Å². The zero-order chi connectivity index (χ0) is 15.8. The van der Waals surface area contributed by atoms with E-state index in [9.17, 15) is 14.7 Å². The van der Waals surface area contributed by atoms with Gasteiger partial charge in [-0.1, -0.05) is 0 Å². The molecule has 0 aromatic heterocycles. The van der Waals surface area contributed by atoms with Gasteiger partial charge in [0.15, 0.2) is 11.5 Å². The first-order valence-electron chi connectivity index (χ1n) is 7.24. The van der Waals surface area contributed by atoms with Crippen LogP contribution in [-0.2, 0) is 9.53 Å². The minimum Gasteiger partial charge on any atom is -0.504 e. The predicted molar refractivity (Wildman–Crippen MR) is 77.2 cm³/mol. The maximum Gasteiger partial charge on any atom is 0.227 e. The normalized spacial score (nSPS) is 31.3. The van der Waals surface area contributed by atoms with Gasteiger partial charge in [-0.2, -0.15) is 0 Å². The van der Waals surface area contributed by atoms with Crippen LogP contribution in [0.4, 0.5) is 0 Å². The van der Waals surface area contributed by atoms with Gasteiger partial charge in [-0.25, -0.2) is 0 Å². The number of benzene rings is 1. The second kappa shape index (κ2) is 3.98. The summed E-state index contributed by atoms with van der Waals surface area (Å²) in [6.45, 7) is 3.48. The highest BCUT2D eigenvalue weighted by Gasteiger charge is 2.64. The van der Waals surface area contributed by atoms with Crippen LogP contribution in [-0.4, -0.2) is 36.0 Å². The van der Waals surface area contributed by atoms with Crippen LogP contribution in [0.1, 0.15) is 35.7 Å². The van der Waals surface area contributed by atoms with Crippen LogP contribution in [0.15, 0.2) is 29.5 Å². The first-order valence-corrected chi connectivity index (χ1v) is 7.24. The second-order valence-electron chi connectivity index (χ2n) is 6.53. The lowest BCUT2D eigenvalue weighted by atomic mass is 9.62. The lowest BCUT2D eigenvalue weighted by Crippen LogP contribution is -2.43. The molecule has 1 saturated heterocycles. The van der Waals surface area contributed by atoms with E-state index in [0.717, 1.165) is 5.56 Å². The van der Waals surface area contributed by atoms with Crippen LogP contribution < -0.4 is 4.74 Å². The molecule has 1 aromatic rings. The van der Waals surface area contributed by atoms with E-state index >= 15 is 0 Å². The SMILES string of the molecule is COc1ccc2c(c1)C1C(=C(O)C2=O)C(C)(C)C(=O)C2OC21. The summed E-state index contributed by atoms with van der Waals surface area (Å²) in [5.74, 6) is -0.465. The number of allylic oxidation sites excluding steroid dienone is 1. The summed E-state index contributed by atoms with van der Waals surface area (Å²) in [6.07, 6.45) is -0.736. The number of rotatable bonds is 1. The van der Waals surface area contributed by atoms with Crippen LogP contribution in [0, 0.1) is 5.41 Å². The van der Waals surface area contributed by atoms with Crippen LogP contribution in [0.2, 0.25) is 0 Å². The summed E-state index contributed by atoms with van der Waals surface area (Å²) in [5.41, 5.74) is 0.779. The molecule has 5 heteroatoms. The van der Waals surface area contributed by atoms with Crippen molar-refractivity contribution in [1.29, 1.82) is 0 Å². The van der Waals surface area contributed by atoms with Crippen molar-refractivity contribution in [3.8, 4) is 5.75 Å². The van der Waals surface area contributed by atoms with Gasteiger partial charge in [-0.15, -0.1) is 0 Å². The molecule has 22 heavy (non-hydrogen) atoms. The number of methoxy groups -OCH3 is 1. The maximum atomic E-state index is 12.5. The molecule has 0 amide bonds. The standard InChI is InChI=1S/C17H16O5/c1-17(2)11-10(14-15(22-14)16(17)20)9-6-7(21-3)4-5-8(9)12(18)13(11)19/h4-6,10,14-15,19H,1-3H3. The third-order valence-corrected chi connectivity index (χ3v) is 5.02. The first kappa shape index (κ1) is 13.5. The molecule has 1 N–H and O–H groups in total. The van der Waals surface area contributed by atoms with Crippen molar-refractivity contribution >= 4 is 11.6 Å². The summed E-state index contributed by atoms with van der Waals surface area (Å²) in [4.78, 5) is 24.9. The number of epoxide rings is 1. The van der Waals surface area contributed by atoms with Gasteiger partial charge in [-0.05, 0) is 43.2 Å². The van der Waals surface area contributed by atoms with Crippen molar-refractivity contribution in [2.75, 3.05) is 7.11 Å². The molecule has 0 radical (unpaired) electrons.